The lowest BCUT2D eigenvalue weighted by molar-refractivity contribution is 0.102. The van der Waals surface area contributed by atoms with Crippen molar-refractivity contribution < 1.29 is 23.4 Å². The Hall–Kier alpha value is -3.32. The third kappa shape index (κ3) is 4.16. The summed E-state index contributed by atoms with van der Waals surface area (Å²) in [6.07, 6.45) is 2.98. The number of amides is 1. The lowest BCUT2D eigenvalue weighted by Crippen LogP contribution is -2.13. The minimum atomic E-state index is -0.438. The van der Waals surface area contributed by atoms with Gasteiger partial charge in [-0.1, -0.05) is 17.7 Å². The summed E-state index contributed by atoms with van der Waals surface area (Å²) < 4.78 is 29.6. The Bertz CT molecular complexity index is 1100. The van der Waals surface area contributed by atoms with E-state index in [-0.39, 0.29) is 10.6 Å². The number of benzene rings is 2. The molecular weight excluding hydrogens is 411 g/mol. The van der Waals surface area contributed by atoms with E-state index in [0.29, 0.717) is 34.1 Å². The van der Waals surface area contributed by atoms with Gasteiger partial charge in [0.05, 0.1) is 31.9 Å². The van der Waals surface area contributed by atoms with Crippen LogP contribution in [0.3, 0.4) is 0 Å². The molecule has 3 aromatic rings. The van der Waals surface area contributed by atoms with E-state index in [4.69, 9.17) is 25.8 Å². The quantitative estimate of drug-likeness (QED) is 0.587. The first-order valence-corrected chi connectivity index (χ1v) is 9.28. The van der Waals surface area contributed by atoms with Gasteiger partial charge in [-0.05, 0) is 36.8 Å². The Balaban J connectivity index is 2.01. The Labute approximate surface area is 178 Å². The van der Waals surface area contributed by atoms with Gasteiger partial charge in [-0.25, -0.2) is 4.39 Å². The average molecular weight is 431 g/mol. The number of anilines is 1. The highest BCUT2D eigenvalue weighted by molar-refractivity contribution is 6.35. The van der Waals surface area contributed by atoms with E-state index in [9.17, 15) is 9.18 Å². The van der Waals surface area contributed by atoms with Crippen molar-refractivity contribution in [2.75, 3.05) is 26.6 Å². The van der Waals surface area contributed by atoms with Crippen LogP contribution in [0.15, 0.2) is 42.7 Å². The monoisotopic (exact) mass is 430 g/mol. The summed E-state index contributed by atoms with van der Waals surface area (Å²) in [5.41, 5.74) is 2.52. The Morgan fingerprint density at radius 3 is 2.43 bits per heavy atom. The molecule has 0 spiro atoms. The summed E-state index contributed by atoms with van der Waals surface area (Å²) in [7, 11) is 4.45. The lowest BCUT2D eigenvalue weighted by Gasteiger charge is -2.17. The number of halogens is 2. The number of ether oxygens (including phenoxy) is 3. The van der Waals surface area contributed by atoms with Crippen LogP contribution in [0.1, 0.15) is 15.9 Å². The van der Waals surface area contributed by atoms with E-state index in [0.717, 1.165) is 5.56 Å². The van der Waals surface area contributed by atoms with Crippen molar-refractivity contribution in [3.63, 3.8) is 0 Å². The summed E-state index contributed by atoms with van der Waals surface area (Å²) >= 11 is 6.53. The summed E-state index contributed by atoms with van der Waals surface area (Å²) in [5, 5.41) is 2.99. The van der Waals surface area contributed by atoms with Crippen LogP contribution in [0.4, 0.5) is 10.1 Å². The maximum absolute atomic E-state index is 13.5. The van der Waals surface area contributed by atoms with Crippen molar-refractivity contribution in [3.8, 4) is 28.4 Å². The smallest absolute Gasteiger partial charge is 0.257 e. The highest BCUT2D eigenvalue weighted by atomic mass is 35.5. The van der Waals surface area contributed by atoms with Crippen LogP contribution in [-0.2, 0) is 0 Å². The number of hydrogen-bond donors (Lipinski definition) is 1. The molecular formula is C22H20ClFN2O4. The molecule has 0 saturated heterocycles. The molecule has 0 fully saturated rings. The summed E-state index contributed by atoms with van der Waals surface area (Å²) in [6.45, 7) is 1.78. The van der Waals surface area contributed by atoms with Gasteiger partial charge in [0.15, 0.2) is 11.5 Å². The molecule has 1 heterocycles. The van der Waals surface area contributed by atoms with Crippen LogP contribution in [0.2, 0.25) is 5.02 Å². The van der Waals surface area contributed by atoms with Crippen LogP contribution in [0.5, 0.6) is 17.2 Å². The maximum atomic E-state index is 13.5. The molecule has 1 amide bonds. The van der Waals surface area contributed by atoms with E-state index in [1.54, 1.807) is 31.3 Å². The number of aryl methyl sites for hydroxylation is 1. The minimum Gasteiger partial charge on any atom is -0.493 e. The number of carbonyl (C=O) groups excluding carboxylic acids is 1. The summed E-state index contributed by atoms with van der Waals surface area (Å²) in [6, 6.07) is 7.50. The number of carbonyl (C=O) groups is 1. The second kappa shape index (κ2) is 9.00. The molecule has 3 rings (SSSR count). The molecule has 0 radical (unpaired) electrons. The topological polar surface area (TPSA) is 69.7 Å². The van der Waals surface area contributed by atoms with Crippen LogP contribution in [0.25, 0.3) is 11.1 Å². The third-order valence-electron chi connectivity index (χ3n) is 4.53. The fourth-order valence-corrected chi connectivity index (χ4v) is 3.29. The van der Waals surface area contributed by atoms with Gasteiger partial charge in [0.1, 0.15) is 5.82 Å². The van der Waals surface area contributed by atoms with Gasteiger partial charge < -0.3 is 19.5 Å². The first kappa shape index (κ1) is 21.4. The molecule has 0 unspecified atom stereocenters. The molecule has 0 atom stereocenters. The molecule has 1 N–H and O–H groups in total. The van der Waals surface area contributed by atoms with Crippen molar-refractivity contribution in [3.05, 3.63) is 64.7 Å². The second-order valence-corrected chi connectivity index (χ2v) is 6.76. The zero-order chi connectivity index (χ0) is 21.8. The summed E-state index contributed by atoms with van der Waals surface area (Å²) in [5.74, 6) is 0.212. The molecule has 0 aliphatic heterocycles. The Morgan fingerprint density at radius 1 is 1.03 bits per heavy atom. The van der Waals surface area contributed by atoms with Crippen LogP contribution in [0, 0.1) is 12.7 Å². The van der Waals surface area contributed by atoms with Gasteiger partial charge in [0.25, 0.3) is 5.91 Å². The number of aromatic nitrogens is 1. The lowest BCUT2D eigenvalue weighted by atomic mass is 10.0. The third-order valence-corrected chi connectivity index (χ3v) is 4.90. The van der Waals surface area contributed by atoms with Crippen molar-refractivity contribution in [1.82, 2.24) is 4.98 Å². The van der Waals surface area contributed by atoms with Crippen LogP contribution in [-0.4, -0.2) is 32.2 Å². The van der Waals surface area contributed by atoms with Crippen molar-refractivity contribution in [2.24, 2.45) is 0 Å². The number of methoxy groups -OCH3 is 3. The standard InChI is InChI=1S/C22H20ClFN2O4/c1-12-5-6-15(24)8-17(12)26-22(27)14-7-13(10-25-11-14)16-9-18(28-2)20(29-3)21(30-4)19(16)23/h5-11H,1-4H3,(H,26,27). The predicted octanol–water partition coefficient (Wildman–Crippen LogP) is 5.13. The van der Waals surface area contributed by atoms with Gasteiger partial charge >= 0.3 is 0 Å². The number of hydrogen-bond acceptors (Lipinski definition) is 5. The molecule has 0 aliphatic carbocycles. The van der Waals surface area contributed by atoms with Gasteiger partial charge in [-0.2, -0.15) is 0 Å². The van der Waals surface area contributed by atoms with E-state index in [1.807, 2.05) is 0 Å². The minimum absolute atomic E-state index is 0.279. The van der Waals surface area contributed by atoms with E-state index in [2.05, 4.69) is 10.3 Å². The molecule has 156 valence electrons. The SMILES string of the molecule is COc1cc(-c2cncc(C(=O)Nc3cc(F)ccc3C)c2)c(Cl)c(OC)c1OC. The fourth-order valence-electron chi connectivity index (χ4n) is 2.97. The van der Waals surface area contributed by atoms with Crippen molar-refractivity contribution in [1.29, 1.82) is 0 Å². The zero-order valence-electron chi connectivity index (χ0n) is 16.9. The maximum Gasteiger partial charge on any atom is 0.257 e. The highest BCUT2D eigenvalue weighted by Crippen LogP contribution is 2.47. The van der Waals surface area contributed by atoms with Gasteiger partial charge in [-0.15, -0.1) is 0 Å². The zero-order valence-corrected chi connectivity index (χ0v) is 17.6. The van der Waals surface area contributed by atoms with Gasteiger partial charge in [0.2, 0.25) is 5.75 Å². The normalized spacial score (nSPS) is 10.5. The van der Waals surface area contributed by atoms with Gasteiger partial charge in [-0.3, -0.25) is 9.78 Å². The van der Waals surface area contributed by atoms with Gasteiger partial charge in [0, 0.05) is 29.2 Å². The number of nitrogens with zero attached hydrogens (tertiary/aromatic N) is 1. The first-order valence-electron chi connectivity index (χ1n) is 8.91. The molecule has 2 aromatic carbocycles. The van der Waals surface area contributed by atoms with E-state index < -0.39 is 11.7 Å². The highest BCUT2D eigenvalue weighted by Gasteiger charge is 2.21. The number of pyridine rings is 1. The van der Waals surface area contributed by atoms with E-state index in [1.165, 1.54) is 39.7 Å². The molecule has 30 heavy (non-hydrogen) atoms. The van der Waals surface area contributed by atoms with E-state index >= 15 is 0 Å². The molecule has 6 nitrogen and oxygen atoms in total. The molecule has 8 heteroatoms. The largest absolute Gasteiger partial charge is 0.493 e. The number of rotatable bonds is 6. The van der Waals surface area contributed by atoms with Crippen LogP contribution < -0.4 is 19.5 Å². The first-order chi connectivity index (χ1) is 14.4. The predicted molar refractivity (Wildman–Crippen MR) is 113 cm³/mol. The van der Waals surface area contributed by atoms with Crippen molar-refractivity contribution >= 4 is 23.2 Å². The average Bonchev–Trinajstić information content (AvgIpc) is 2.75. The number of nitrogens with one attached hydrogen (secondary N) is 1. The Kier molecular flexibility index (Phi) is 6.42. The fraction of sp³-hybridized carbons (Fsp3) is 0.182. The Morgan fingerprint density at radius 2 is 1.77 bits per heavy atom. The molecule has 0 aliphatic rings. The van der Waals surface area contributed by atoms with Crippen LogP contribution >= 0.6 is 11.6 Å². The summed E-state index contributed by atoms with van der Waals surface area (Å²) in [4.78, 5) is 16.9. The second-order valence-electron chi connectivity index (χ2n) is 6.38. The molecule has 0 saturated carbocycles. The molecule has 0 bridgehead atoms. The molecule has 1 aromatic heterocycles. The van der Waals surface area contributed by atoms with Crippen molar-refractivity contribution in [2.45, 2.75) is 6.92 Å².